The molecule has 8 nitrogen and oxygen atoms in total. The fourth-order valence-electron chi connectivity index (χ4n) is 3.97. The molecule has 4 rings (SSSR count). The molecule has 0 fully saturated rings. The summed E-state index contributed by atoms with van der Waals surface area (Å²) in [6.45, 7) is 5.86. The molecule has 8 heteroatoms. The number of carbonyl (C=O) groups is 1. The van der Waals surface area contributed by atoms with Crippen LogP contribution in [0.4, 0.5) is 0 Å². The molecule has 0 radical (unpaired) electrons. The van der Waals surface area contributed by atoms with Crippen molar-refractivity contribution >= 4 is 16.8 Å². The van der Waals surface area contributed by atoms with Gasteiger partial charge in [-0.15, -0.1) is 0 Å². The van der Waals surface area contributed by atoms with E-state index < -0.39 is 6.04 Å². The summed E-state index contributed by atoms with van der Waals surface area (Å²) in [7, 11) is 1.60. The van der Waals surface area contributed by atoms with Crippen LogP contribution in [-0.4, -0.2) is 32.6 Å². The molecule has 2 heterocycles. The van der Waals surface area contributed by atoms with Gasteiger partial charge < -0.3 is 10.1 Å². The van der Waals surface area contributed by atoms with Crippen LogP contribution in [0.25, 0.3) is 16.6 Å². The zero-order chi connectivity index (χ0) is 23.5. The van der Waals surface area contributed by atoms with Gasteiger partial charge in [0.2, 0.25) is 5.91 Å². The molecule has 1 N–H and O–H groups in total. The molecular formula is C25H27N5O3. The molecule has 0 saturated carbocycles. The number of nitrogens with zero attached hydrogens (tertiary/aromatic N) is 4. The number of hydrogen-bond donors (Lipinski definition) is 1. The highest BCUT2D eigenvalue weighted by molar-refractivity contribution is 5.84. The number of rotatable bonds is 7. The number of nitrogens with one attached hydrogen (secondary N) is 1. The molecule has 0 saturated heterocycles. The van der Waals surface area contributed by atoms with Crippen LogP contribution >= 0.6 is 0 Å². The second-order valence-electron chi connectivity index (χ2n) is 7.88. The van der Waals surface area contributed by atoms with Crippen molar-refractivity contribution in [3.05, 3.63) is 81.9 Å². The lowest BCUT2D eigenvalue weighted by molar-refractivity contribution is -0.125. The summed E-state index contributed by atoms with van der Waals surface area (Å²) in [6, 6.07) is 16.4. The number of para-hydroxylation sites is 1. The molecule has 2 aromatic heterocycles. The lowest BCUT2D eigenvalue weighted by Gasteiger charge is -2.17. The minimum atomic E-state index is -0.731. The Hall–Kier alpha value is -3.94. The van der Waals surface area contributed by atoms with Gasteiger partial charge in [0, 0.05) is 6.54 Å². The van der Waals surface area contributed by atoms with Crippen molar-refractivity contribution in [2.45, 2.75) is 39.8 Å². The first-order valence-corrected chi connectivity index (χ1v) is 10.9. The summed E-state index contributed by atoms with van der Waals surface area (Å²) in [4.78, 5) is 26.5. The van der Waals surface area contributed by atoms with Gasteiger partial charge in [0.05, 0.1) is 29.6 Å². The van der Waals surface area contributed by atoms with Crippen molar-refractivity contribution in [2.24, 2.45) is 0 Å². The van der Waals surface area contributed by atoms with Crippen LogP contribution in [0.5, 0.6) is 5.75 Å². The van der Waals surface area contributed by atoms with E-state index in [0.29, 0.717) is 35.3 Å². The Morgan fingerprint density at radius 3 is 2.55 bits per heavy atom. The van der Waals surface area contributed by atoms with Crippen molar-refractivity contribution in [2.75, 3.05) is 7.11 Å². The van der Waals surface area contributed by atoms with E-state index in [4.69, 9.17) is 4.74 Å². The number of benzene rings is 2. The van der Waals surface area contributed by atoms with Gasteiger partial charge in [-0.1, -0.05) is 37.3 Å². The predicted octanol–water partition coefficient (Wildman–Crippen LogP) is 3.48. The molecule has 0 spiro atoms. The Kier molecular flexibility index (Phi) is 6.26. The zero-order valence-electron chi connectivity index (χ0n) is 19.2. The summed E-state index contributed by atoms with van der Waals surface area (Å²) in [5.41, 5.74) is 3.31. The smallest absolute Gasteiger partial charge is 0.278 e. The predicted molar refractivity (Wildman–Crippen MR) is 127 cm³/mol. The number of aromatic nitrogens is 4. The quantitative estimate of drug-likeness (QED) is 0.470. The number of methoxy groups -OCH3 is 1. The minimum absolute atomic E-state index is 0.262. The maximum Gasteiger partial charge on any atom is 0.278 e. The van der Waals surface area contributed by atoms with E-state index in [2.05, 4.69) is 15.5 Å². The van der Waals surface area contributed by atoms with Crippen LogP contribution in [0.2, 0.25) is 0 Å². The van der Waals surface area contributed by atoms with Gasteiger partial charge >= 0.3 is 0 Å². The third kappa shape index (κ3) is 4.24. The summed E-state index contributed by atoms with van der Waals surface area (Å²) in [5, 5.41) is 12.5. The Morgan fingerprint density at radius 2 is 1.85 bits per heavy atom. The van der Waals surface area contributed by atoms with Crippen molar-refractivity contribution in [1.82, 2.24) is 24.9 Å². The second-order valence-corrected chi connectivity index (χ2v) is 7.88. The van der Waals surface area contributed by atoms with Crippen LogP contribution < -0.4 is 15.6 Å². The van der Waals surface area contributed by atoms with E-state index in [9.17, 15) is 9.59 Å². The molecular weight excluding hydrogens is 418 g/mol. The van der Waals surface area contributed by atoms with Crippen molar-refractivity contribution in [1.29, 1.82) is 0 Å². The molecule has 0 unspecified atom stereocenters. The number of hydrogen-bond acceptors (Lipinski definition) is 5. The van der Waals surface area contributed by atoms with Gasteiger partial charge in [-0.3, -0.25) is 9.59 Å². The van der Waals surface area contributed by atoms with Crippen LogP contribution in [0.3, 0.4) is 0 Å². The maximum absolute atomic E-state index is 13.5. The normalized spacial score (nSPS) is 12.0. The first kappa shape index (κ1) is 22.3. The lowest BCUT2D eigenvalue weighted by atomic mass is 10.1. The third-order valence-electron chi connectivity index (χ3n) is 5.72. The number of aryl methyl sites for hydroxylation is 2. The maximum atomic E-state index is 13.5. The minimum Gasteiger partial charge on any atom is -0.497 e. The largest absolute Gasteiger partial charge is 0.497 e. The molecule has 170 valence electrons. The summed E-state index contributed by atoms with van der Waals surface area (Å²) < 4.78 is 8.28. The number of carbonyl (C=O) groups excluding carboxylic acids is 1. The molecule has 1 atom stereocenters. The van der Waals surface area contributed by atoms with E-state index in [1.807, 2.05) is 68.4 Å². The van der Waals surface area contributed by atoms with Crippen LogP contribution in [0.1, 0.15) is 36.3 Å². The topological polar surface area (TPSA) is 91.0 Å². The van der Waals surface area contributed by atoms with Gasteiger partial charge in [-0.2, -0.15) is 10.2 Å². The van der Waals surface area contributed by atoms with E-state index in [0.717, 1.165) is 17.0 Å². The van der Waals surface area contributed by atoms with Crippen LogP contribution in [-0.2, 0) is 11.3 Å². The standard InChI is InChI=1S/C25H27N5O3/c1-5-21(24(31)26-15-18-10-9-13-20(14-18)33-4)30-25(32)22-17(3)29(19-11-7-6-8-12-19)28-23(22)16(2)27-30/h6-14,21H,5,15H2,1-4H3,(H,26,31)/t21-/m1/s1. The van der Waals surface area contributed by atoms with Gasteiger partial charge in [0.1, 0.15) is 17.3 Å². The Bertz CT molecular complexity index is 1360. The summed E-state index contributed by atoms with van der Waals surface area (Å²) in [5.74, 6) is 0.459. The van der Waals surface area contributed by atoms with E-state index >= 15 is 0 Å². The average molecular weight is 446 g/mol. The molecule has 1 amide bonds. The number of ether oxygens (including phenoxy) is 1. The SMILES string of the molecule is CC[C@H](C(=O)NCc1cccc(OC)c1)n1nc(C)c2nn(-c3ccccc3)c(C)c2c1=O. The molecule has 2 aromatic carbocycles. The van der Waals surface area contributed by atoms with Gasteiger partial charge in [-0.25, -0.2) is 9.36 Å². The molecule has 33 heavy (non-hydrogen) atoms. The first-order valence-electron chi connectivity index (χ1n) is 10.9. The Balaban J connectivity index is 1.68. The molecule has 0 aliphatic carbocycles. The van der Waals surface area contributed by atoms with E-state index in [-0.39, 0.29) is 11.5 Å². The molecule has 0 aliphatic heterocycles. The highest BCUT2D eigenvalue weighted by Gasteiger charge is 2.25. The van der Waals surface area contributed by atoms with Gasteiger partial charge in [0.25, 0.3) is 5.56 Å². The lowest BCUT2D eigenvalue weighted by Crippen LogP contribution is -2.38. The fraction of sp³-hybridized carbons (Fsp3) is 0.280. The monoisotopic (exact) mass is 445 g/mol. The van der Waals surface area contributed by atoms with Crippen molar-refractivity contribution in [3.63, 3.8) is 0 Å². The van der Waals surface area contributed by atoms with Crippen molar-refractivity contribution in [3.8, 4) is 11.4 Å². The summed E-state index contributed by atoms with van der Waals surface area (Å²) in [6.07, 6.45) is 0.424. The highest BCUT2D eigenvalue weighted by Crippen LogP contribution is 2.21. The van der Waals surface area contributed by atoms with E-state index in [1.54, 1.807) is 18.7 Å². The van der Waals surface area contributed by atoms with Crippen molar-refractivity contribution < 1.29 is 9.53 Å². The van der Waals surface area contributed by atoms with Crippen LogP contribution in [0, 0.1) is 13.8 Å². The molecule has 4 aromatic rings. The van der Waals surface area contributed by atoms with E-state index in [1.165, 1.54) is 4.68 Å². The second kappa shape index (κ2) is 9.28. The number of fused-ring (bicyclic) bond motifs is 1. The zero-order valence-corrected chi connectivity index (χ0v) is 19.2. The summed E-state index contributed by atoms with van der Waals surface area (Å²) >= 11 is 0. The third-order valence-corrected chi connectivity index (χ3v) is 5.72. The van der Waals surface area contributed by atoms with Crippen LogP contribution in [0.15, 0.2) is 59.4 Å². The number of amides is 1. The molecule has 0 bridgehead atoms. The average Bonchev–Trinajstić information content (AvgIpc) is 3.20. The Labute approximate surface area is 191 Å². The van der Waals surface area contributed by atoms with Gasteiger partial charge in [0.15, 0.2) is 0 Å². The molecule has 0 aliphatic rings. The van der Waals surface area contributed by atoms with Gasteiger partial charge in [-0.05, 0) is 50.1 Å². The fourth-order valence-corrected chi connectivity index (χ4v) is 3.97. The first-order chi connectivity index (χ1) is 15.9. The highest BCUT2D eigenvalue weighted by atomic mass is 16.5. The Morgan fingerprint density at radius 1 is 1.09 bits per heavy atom.